The third kappa shape index (κ3) is 4.91. The first-order valence-corrected chi connectivity index (χ1v) is 14.8. The summed E-state index contributed by atoms with van der Waals surface area (Å²) in [6, 6.07) is 6.90. The Kier molecular flexibility index (Phi) is 7.89. The Morgan fingerprint density at radius 2 is 1.92 bits per heavy atom. The van der Waals surface area contributed by atoms with Gasteiger partial charge in [-0.3, -0.25) is 14.4 Å². The van der Waals surface area contributed by atoms with E-state index in [1.54, 1.807) is 4.90 Å². The van der Waals surface area contributed by atoms with E-state index < -0.39 is 29.6 Å². The maximum atomic E-state index is 14.1. The van der Waals surface area contributed by atoms with Crippen LogP contribution in [0.4, 0.5) is 5.69 Å². The van der Waals surface area contributed by atoms with E-state index in [1.165, 1.54) is 6.42 Å². The predicted molar refractivity (Wildman–Crippen MR) is 151 cm³/mol. The highest BCUT2D eigenvalue weighted by molar-refractivity contribution is 6.02. The summed E-state index contributed by atoms with van der Waals surface area (Å²) < 4.78 is 6.50. The first-order chi connectivity index (χ1) is 18.7. The van der Waals surface area contributed by atoms with Crippen LogP contribution in [0.2, 0.25) is 0 Å². The van der Waals surface area contributed by atoms with Crippen LogP contribution in [0.3, 0.4) is 0 Å². The summed E-state index contributed by atoms with van der Waals surface area (Å²) >= 11 is 0. The molecule has 8 atom stereocenters. The Balaban J connectivity index is 1.43. The van der Waals surface area contributed by atoms with Crippen molar-refractivity contribution in [3.05, 3.63) is 42.0 Å². The van der Waals surface area contributed by atoms with Gasteiger partial charge in [-0.25, -0.2) is 0 Å². The number of nitrogens with zero attached hydrogens (tertiary/aromatic N) is 2. The fourth-order valence-electron chi connectivity index (χ4n) is 7.29. The number of ether oxygens (including phenoxy) is 1. The molecule has 3 amide bonds. The Morgan fingerprint density at radius 3 is 2.64 bits per heavy atom. The van der Waals surface area contributed by atoms with E-state index >= 15 is 0 Å². The van der Waals surface area contributed by atoms with Gasteiger partial charge in [0.25, 0.3) is 0 Å². The average Bonchev–Trinajstić information content (AvgIpc) is 3.55. The zero-order valence-electron chi connectivity index (χ0n) is 24.0. The van der Waals surface area contributed by atoms with Crippen LogP contribution in [-0.2, 0) is 19.1 Å². The van der Waals surface area contributed by atoms with Crippen LogP contribution in [0.25, 0.3) is 0 Å². The Labute approximate surface area is 232 Å². The number of carbonyl (C=O) groups is 3. The number of hydrogen-bond acceptors (Lipinski definition) is 5. The smallest absolute Gasteiger partial charge is 0.246 e. The van der Waals surface area contributed by atoms with Crippen molar-refractivity contribution in [2.75, 3.05) is 31.5 Å². The number of carbonyl (C=O) groups excluding carboxylic acids is 3. The van der Waals surface area contributed by atoms with E-state index in [0.29, 0.717) is 30.6 Å². The van der Waals surface area contributed by atoms with Gasteiger partial charge >= 0.3 is 0 Å². The van der Waals surface area contributed by atoms with E-state index in [0.717, 1.165) is 31.5 Å². The SMILES string of the molecule is CCN(CC)CCN1C(=O)[C@@H]2C(C(=O)Nc3cccc(C)c3)[C@@H]3C=CC2(O3)C1C(=O)NC1CCCC(C)C1C. The van der Waals surface area contributed by atoms with Crippen molar-refractivity contribution < 1.29 is 19.1 Å². The van der Waals surface area contributed by atoms with Crippen LogP contribution in [0, 0.1) is 30.6 Å². The van der Waals surface area contributed by atoms with Crippen molar-refractivity contribution in [3.63, 3.8) is 0 Å². The maximum absolute atomic E-state index is 14.1. The Hall–Kier alpha value is -2.71. The van der Waals surface area contributed by atoms with Gasteiger partial charge in [0.1, 0.15) is 11.6 Å². The van der Waals surface area contributed by atoms with Crippen molar-refractivity contribution in [2.45, 2.75) is 77.7 Å². The summed E-state index contributed by atoms with van der Waals surface area (Å²) in [7, 11) is 0. The molecule has 1 saturated carbocycles. The van der Waals surface area contributed by atoms with E-state index in [-0.39, 0.29) is 23.8 Å². The molecule has 1 aromatic carbocycles. The molecule has 1 spiro atoms. The van der Waals surface area contributed by atoms with E-state index in [1.807, 2.05) is 43.3 Å². The Morgan fingerprint density at radius 1 is 1.15 bits per heavy atom. The first-order valence-electron chi connectivity index (χ1n) is 14.8. The minimum absolute atomic E-state index is 0.0689. The number of likely N-dealkylation sites (N-methyl/N-ethyl adjacent to an activating group) is 1. The lowest BCUT2D eigenvalue weighted by Crippen LogP contribution is -2.58. The molecule has 0 radical (unpaired) electrons. The minimum atomic E-state index is -1.13. The second-order valence-electron chi connectivity index (χ2n) is 12.0. The van der Waals surface area contributed by atoms with Crippen LogP contribution in [0.1, 0.15) is 52.5 Å². The highest BCUT2D eigenvalue weighted by Crippen LogP contribution is 2.55. The van der Waals surface area contributed by atoms with Gasteiger partial charge < -0.3 is 25.2 Å². The molecule has 1 aliphatic carbocycles. The van der Waals surface area contributed by atoms with Gasteiger partial charge in [-0.15, -0.1) is 0 Å². The molecule has 2 saturated heterocycles. The number of rotatable bonds is 9. The summed E-state index contributed by atoms with van der Waals surface area (Å²) in [5.74, 6) is -1.09. The van der Waals surface area contributed by atoms with Gasteiger partial charge in [-0.05, 0) is 56.0 Å². The van der Waals surface area contributed by atoms with Gasteiger partial charge in [-0.2, -0.15) is 0 Å². The fraction of sp³-hybridized carbons (Fsp3) is 0.645. The first kappa shape index (κ1) is 27.8. The molecule has 4 aliphatic rings. The second kappa shape index (κ2) is 11.0. The van der Waals surface area contributed by atoms with Crippen molar-refractivity contribution in [1.82, 2.24) is 15.1 Å². The molecule has 3 aliphatic heterocycles. The largest absolute Gasteiger partial charge is 0.359 e. The van der Waals surface area contributed by atoms with Crippen molar-refractivity contribution in [2.24, 2.45) is 23.7 Å². The molecule has 2 bridgehead atoms. The second-order valence-corrected chi connectivity index (χ2v) is 12.0. The lowest BCUT2D eigenvalue weighted by Gasteiger charge is -2.38. The van der Waals surface area contributed by atoms with Crippen LogP contribution >= 0.6 is 0 Å². The molecule has 3 fully saturated rings. The topological polar surface area (TPSA) is 91.0 Å². The monoisotopic (exact) mass is 536 g/mol. The number of aryl methyl sites for hydroxylation is 1. The molecule has 212 valence electrons. The summed E-state index contributed by atoms with van der Waals surface area (Å²) in [5.41, 5.74) is 0.600. The van der Waals surface area contributed by atoms with Gasteiger partial charge in [0.05, 0.1) is 17.9 Å². The number of likely N-dealkylation sites (tertiary alicyclic amines) is 1. The molecule has 1 aromatic rings. The van der Waals surface area contributed by atoms with Crippen molar-refractivity contribution >= 4 is 23.4 Å². The predicted octanol–water partition coefficient (Wildman–Crippen LogP) is 3.37. The van der Waals surface area contributed by atoms with Gasteiger partial charge in [0.2, 0.25) is 17.7 Å². The van der Waals surface area contributed by atoms with Crippen LogP contribution in [0.15, 0.2) is 36.4 Å². The number of benzene rings is 1. The summed E-state index contributed by atoms with van der Waals surface area (Å²) in [6.45, 7) is 13.4. The number of anilines is 1. The van der Waals surface area contributed by atoms with Gasteiger partial charge in [-0.1, -0.05) is 64.8 Å². The van der Waals surface area contributed by atoms with Gasteiger partial charge in [0, 0.05) is 24.8 Å². The molecule has 0 aromatic heterocycles. The number of nitrogens with one attached hydrogen (secondary N) is 2. The lowest BCUT2D eigenvalue weighted by molar-refractivity contribution is -0.141. The lowest BCUT2D eigenvalue weighted by atomic mass is 9.73. The molecule has 6 unspecified atom stereocenters. The van der Waals surface area contributed by atoms with Crippen LogP contribution < -0.4 is 10.6 Å². The Bertz CT molecular complexity index is 1130. The van der Waals surface area contributed by atoms with Crippen LogP contribution in [-0.4, -0.2) is 77.5 Å². The van der Waals surface area contributed by atoms with Gasteiger partial charge in [0.15, 0.2) is 0 Å². The maximum Gasteiger partial charge on any atom is 0.246 e. The van der Waals surface area contributed by atoms with E-state index in [9.17, 15) is 14.4 Å². The third-order valence-electron chi connectivity index (χ3n) is 9.80. The number of fused-ring (bicyclic) bond motifs is 1. The fourth-order valence-corrected chi connectivity index (χ4v) is 7.29. The normalized spacial score (nSPS) is 35.0. The minimum Gasteiger partial charge on any atom is -0.359 e. The summed E-state index contributed by atoms with van der Waals surface area (Å²) in [4.78, 5) is 45.8. The molecule has 5 rings (SSSR count). The highest BCUT2D eigenvalue weighted by Gasteiger charge is 2.72. The molecule has 2 N–H and O–H groups in total. The molecular formula is C31H44N4O4. The number of hydrogen-bond donors (Lipinski definition) is 2. The zero-order valence-corrected chi connectivity index (χ0v) is 24.0. The summed E-state index contributed by atoms with van der Waals surface area (Å²) in [6.07, 6.45) is 6.43. The highest BCUT2D eigenvalue weighted by atomic mass is 16.5. The molecule has 39 heavy (non-hydrogen) atoms. The number of amides is 3. The zero-order chi connectivity index (χ0) is 27.9. The van der Waals surface area contributed by atoms with E-state index in [2.05, 4.69) is 43.2 Å². The quantitative estimate of drug-likeness (QED) is 0.473. The van der Waals surface area contributed by atoms with Crippen LogP contribution in [0.5, 0.6) is 0 Å². The molecule has 8 heteroatoms. The van der Waals surface area contributed by atoms with Crippen molar-refractivity contribution in [1.29, 1.82) is 0 Å². The molecule has 3 heterocycles. The third-order valence-corrected chi connectivity index (χ3v) is 9.80. The van der Waals surface area contributed by atoms with E-state index in [4.69, 9.17) is 4.74 Å². The average molecular weight is 537 g/mol. The molecule has 8 nitrogen and oxygen atoms in total. The standard InChI is InChI=1S/C31H44N4O4/c1-6-34(7-2)16-17-35-27(29(37)33-23-13-9-11-20(4)21(23)5)31-15-14-24(39-31)25(26(31)30(35)38)28(36)32-22-12-8-10-19(3)18-22/h8,10,12,14-15,18,20-21,23-27H,6-7,9,11,13,16-17H2,1-5H3,(H,32,36)(H,33,37)/t20?,21?,23?,24-,25?,26-,27?,31?/m0/s1. The summed E-state index contributed by atoms with van der Waals surface area (Å²) in [5, 5.41) is 6.34. The van der Waals surface area contributed by atoms with Crippen molar-refractivity contribution in [3.8, 4) is 0 Å². The molecular weight excluding hydrogens is 492 g/mol.